The third-order valence-electron chi connectivity index (χ3n) is 5.98. The smallest absolute Gasteiger partial charge is 0.257 e. The summed E-state index contributed by atoms with van der Waals surface area (Å²) in [5.41, 5.74) is 4.01. The summed E-state index contributed by atoms with van der Waals surface area (Å²) in [4.78, 5) is 26.1. The maximum atomic E-state index is 13.2. The van der Waals surface area contributed by atoms with Gasteiger partial charge < -0.3 is 20.1 Å². The van der Waals surface area contributed by atoms with Crippen molar-refractivity contribution in [2.45, 2.75) is 45.1 Å². The summed E-state index contributed by atoms with van der Waals surface area (Å²) < 4.78 is 5.21. The molecule has 0 bridgehead atoms. The molecule has 3 aromatic heterocycles. The Morgan fingerprint density at radius 2 is 2.06 bits per heavy atom. The summed E-state index contributed by atoms with van der Waals surface area (Å²) in [6.45, 7) is 3.52. The molecule has 0 radical (unpaired) electrons. The van der Waals surface area contributed by atoms with E-state index in [2.05, 4.69) is 31.8 Å². The van der Waals surface area contributed by atoms with Crippen molar-refractivity contribution >= 4 is 22.6 Å². The predicted molar refractivity (Wildman–Crippen MR) is 122 cm³/mol. The van der Waals surface area contributed by atoms with Gasteiger partial charge in [-0.2, -0.15) is 0 Å². The lowest BCUT2D eigenvalue weighted by Gasteiger charge is -2.20. The van der Waals surface area contributed by atoms with E-state index in [1.54, 1.807) is 13.8 Å². The second-order valence-corrected chi connectivity index (χ2v) is 8.35. The van der Waals surface area contributed by atoms with Crippen LogP contribution in [0.25, 0.3) is 10.9 Å². The van der Waals surface area contributed by atoms with E-state index >= 15 is 0 Å². The SMILES string of the molecule is CNc1cc(C(Cc2c[nH]c3ccccc23)NC(=O)c2c(C)noc2C)nc(C2CC2)n1. The summed E-state index contributed by atoms with van der Waals surface area (Å²) >= 11 is 0. The van der Waals surface area contributed by atoms with E-state index in [-0.39, 0.29) is 11.9 Å². The molecule has 0 saturated heterocycles. The van der Waals surface area contributed by atoms with Crippen molar-refractivity contribution in [1.29, 1.82) is 0 Å². The third-order valence-corrected chi connectivity index (χ3v) is 5.98. The van der Waals surface area contributed by atoms with Crippen LogP contribution in [0.5, 0.6) is 0 Å². The van der Waals surface area contributed by atoms with Gasteiger partial charge in [-0.05, 0) is 38.3 Å². The van der Waals surface area contributed by atoms with Crippen molar-refractivity contribution in [1.82, 2.24) is 25.4 Å². The predicted octanol–water partition coefficient (Wildman–Crippen LogP) is 4.20. The molecule has 1 amide bonds. The normalized spacial score (nSPS) is 14.5. The molecule has 1 atom stereocenters. The maximum absolute atomic E-state index is 13.2. The summed E-state index contributed by atoms with van der Waals surface area (Å²) in [6.07, 6.45) is 4.79. The van der Waals surface area contributed by atoms with Gasteiger partial charge in [-0.1, -0.05) is 23.4 Å². The van der Waals surface area contributed by atoms with Gasteiger partial charge in [0.25, 0.3) is 5.91 Å². The van der Waals surface area contributed by atoms with Gasteiger partial charge in [0.15, 0.2) is 0 Å². The van der Waals surface area contributed by atoms with Crippen molar-refractivity contribution in [3.8, 4) is 0 Å². The highest BCUT2D eigenvalue weighted by molar-refractivity contribution is 5.96. The first-order valence-electron chi connectivity index (χ1n) is 10.9. The molecule has 1 saturated carbocycles. The number of nitrogens with zero attached hydrogens (tertiary/aromatic N) is 3. The first kappa shape index (κ1) is 20.2. The Morgan fingerprint density at radius 3 is 2.78 bits per heavy atom. The van der Waals surface area contributed by atoms with Gasteiger partial charge in [-0.3, -0.25) is 4.79 Å². The Bertz CT molecular complexity index is 1270. The van der Waals surface area contributed by atoms with Crippen molar-refractivity contribution in [3.05, 3.63) is 70.6 Å². The van der Waals surface area contributed by atoms with E-state index in [4.69, 9.17) is 9.51 Å². The van der Waals surface area contributed by atoms with E-state index in [1.807, 2.05) is 37.5 Å². The number of aromatic nitrogens is 4. The molecule has 1 aliphatic carbocycles. The number of benzene rings is 1. The molecule has 32 heavy (non-hydrogen) atoms. The van der Waals surface area contributed by atoms with E-state index in [0.717, 1.165) is 46.6 Å². The number of carbonyl (C=O) groups excluding carboxylic acids is 1. The average Bonchev–Trinajstić information content (AvgIpc) is 3.50. The Kier molecular flexibility index (Phi) is 5.13. The minimum Gasteiger partial charge on any atom is -0.373 e. The number of H-pyrrole nitrogens is 1. The minimum absolute atomic E-state index is 0.219. The molecule has 164 valence electrons. The van der Waals surface area contributed by atoms with Crippen LogP contribution in [-0.4, -0.2) is 33.1 Å². The second kappa shape index (κ2) is 8.11. The molecule has 1 aliphatic rings. The van der Waals surface area contributed by atoms with Crippen LogP contribution < -0.4 is 10.6 Å². The summed E-state index contributed by atoms with van der Waals surface area (Å²) in [5.74, 6) is 2.27. The number of fused-ring (bicyclic) bond motifs is 1. The number of hydrogen-bond acceptors (Lipinski definition) is 6. The zero-order chi connectivity index (χ0) is 22.2. The van der Waals surface area contributed by atoms with Gasteiger partial charge in [0.1, 0.15) is 23.0 Å². The molecule has 1 unspecified atom stereocenters. The molecule has 1 aromatic carbocycles. The number of aromatic amines is 1. The average molecular weight is 431 g/mol. The highest BCUT2D eigenvalue weighted by Gasteiger charge is 2.29. The van der Waals surface area contributed by atoms with Gasteiger partial charge in [0.05, 0.1) is 17.4 Å². The quantitative estimate of drug-likeness (QED) is 0.406. The molecule has 3 N–H and O–H groups in total. The number of anilines is 1. The Hall–Kier alpha value is -3.68. The van der Waals surface area contributed by atoms with Crippen LogP contribution in [0.15, 0.2) is 41.1 Å². The molecule has 5 rings (SSSR count). The zero-order valence-corrected chi connectivity index (χ0v) is 18.4. The first-order valence-corrected chi connectivity index (χ1v) is 10.9. The monoisotopic (exact) mass is 430 g/mol. The molecule has 1 fully saturated rings. The zero-order valence-electron chi connectivity index (χ0n) is 18.4. The molecule has 8 nitrogen and oxygen atoms in total. The van der Waals surface area contributed by atoms with Crippen LogP contribution in [0.1, 0.15) is 63.7 Å². The lowest BCUT2D eigenvalue weighted by Crippen LogP contribution is -2.31. The molecular formula is C24H26N6O2. The van der Waals surface area contributed by atoms with Crippen LogP contribution in [0.2, 0.25) is 0 Å². The van der Waals surface area contributed by atoms with E-state index in [1.165, 1.54) is 0 Å². The summed E-state index contributed by atoms with van der Waals surface area (Å²) in [5, 5.41) is 11.4. The summed E-state index contributed by atoms with van der Waals surface area (Å²) in [6, 6.07) is 9.73. The summed E-state index contributed by atoms with van der Waals surface area (Å²) in [7, 11) is 1.85. The van der Waals surface area contributed by atoms with Crippen molar-refractivity contribution in [2.75, 3.05) is 12.4 Å². The lowest BCUT2D eigenvalue weighted by atomic mass is 10.0. The number of amides is 1. The number of nitrogens with one attached hydrogen (secondary N) is 3. The fraction of sp³-hybridized carbons (Fsp3) is 0.333. The van der Waals surface area contributed by atoms with E-state index in [9.17, 15) is 4.79 Å². The molecule has 3 heterocycles. The molecule has 0 spiro atoms. The topological polar surface area (TPSA) is 109 Å². The van der Waals surface area contributed by atoms with Gasteiger partial charge >= 0.3 is 0 Å². The Morgan fingerprint density at radius 1 is 1.25 bits per heavy atom. The molecule has 0 aliphatic heterocycles. The van der Waals surface area contributed by atoms with Crippen LogP contribution in [-0.2, 0) is 6.42 Å². The van der Waals surface area contributed by atoms with Crippen molar-refractivity contribution in [2.24, 2.45) is 0 Å². The standard InChI is InChI=1S/C24H26N6O2/c1-13-22(14(2)32-30-13)24(31)28-19(10-16-12-26-18-7-5-4-6-17(16)18)20-11-21(25-3)29-23(27-20)15-8-9-15/h4-7,11-12,15,19,26H,8-10H2,1-3H3,(H,28,31)(H,25,27,29). The van der Waals surface area contributed by atoms with Crippen LogP contribution in [0.4, 0.5) is 5.82 Å². The van der Waals surface area contributed by atoms with E-state index < -0.39 is 0 Å². The number of rotatable bonds is 7. The van der Waals surface area contributed by atoms with Gasteiger partial charge in [-0.15, -0.1) is 0 Å². The molecule has 4 aromatic rings. The number of aryl methyl sites for hydroxylation is 2. The van der Waals surface area contributed by atoms with E-state index in [0.29, 0.717) is 29.4 Å². The van der Waals surface area contributed by atoms with Crippen molar-refractivity contribution < 1.29 is 9.32 Å². The Balaban J connectivity index is 1.54. The highest BCUT2D eigenvalue weighted by atomic mass is 16.5. The van der Waals surface area contributed by atoms with Gasteiger partial charge in [-0.25, -0.2) is 9.97 Å². The van der Waals surface area contributed by atoms with Crippen molar-refractivity contribution in [3.63, 3.8) is 0 Å². The highest BCUT2D eigenvalue weighted by Crippen LogP contribution is 2.39. The molecule has 8 heteroatoms. The first-order chi connectivity index (χ1) is 15.5. The van der Waals surface area contributed by atoms with Gasteiger partial charge in [0, 0.05) is 42.6 Å². The number of hydrogen-bond donors (Lipinski definition) is 3. The lowest BCUT2D eigenvalue weighted by molar-refractivity contribution is 0.0933. The fourth-order valence-electron chi connectivity index (χ4n) is 4.10. The second-order valence-electron chi connectivity index (χ2n) is 8.35. The Labute approximate surface area is 185 Å². The van der Waals surface area contributed by atoms with Crippen LogP contribution in [0, 0.1) is 13.8 Å². The largest absolute Gasteiger partial charge is 0.373 e. The minimum atomic E-state index is -0.344. The van der Waals surface area contributed by atoms with Gasteiger partial charge in [0.2, 0.25) is 0 Å². The molecular weight excluding hydrogens is 404 g/mol. The number of para-hydroxylation sites is 1. The maximum Gasteiger partial charge on any atom is 0.257 e. The van der Waals surface area contributed by atoms with Crippen LogP contribution in [0.3, 0.4) is 0 Å². The third kappa shape index (κ3) is 3.84. The fourth-order valence-corrected chi connectivity index (χ4v) is 4.10. The van der Waals surface area contributed by atoms with Crippen LogP contribution >= 0.6 is 0 Å². The number of carbonyl (C=O) groups is 1.